The van der Waals surface area contributed by atoms with Gasteiger partial charge in [-0.2, -0.15) is 0 Å². The van der Waals surface area contributed by atoms with Crippen LogP contribution in [0.5, 0.6) is 0 Å². The van der Waals surface area contributed by atoms with Gasteiger partial charge in [0, 0.05) is 5.41 Å². The van der Waals surface area contributed by atoms with Crippen LogP contribution >= 0.6 is 0 Å². The van der Waals surface area contributed by atoms with Gasteiger partial charge in [0.25, 0.3) is 0 Å². The average molecular weight is 419 g/mol. The maximum absolute atomic E-state index is 12.2. The highest BCUT2D eigenvalue weighted by Crippen LogP contribution is 2.68. The van der Waals surface area contributed by atoms with Gasteiger partial charge in [-0.05, 0) is 85.5 Å². The van der Waals surface area contributed by atoms with Gasteiger partial charge in [0.15, 0.2) is 0 Å². The zero-order valence-corrected chi connectivity index (χ0v) is 20.0. The molecule has 4 aliphatic rings. The first-order valence-electron chi connectivity index (χ1n) is 12.8. The van der Waals surface area contributed by atoms with Crippen molar-refractivity contribution in [2.45, 2.75) is 117 Å². The summed E-state index contributed by atoms with van der Waals surface area (Å²) in [6.07, 6.45) is 11.6. The second-order valence-electron chi connectivity index (χ2n) is 12.5. The SMILES string of the molecule is CC(C)CCC[C@@H](C)[C@H]1CC[C@H]2C3=CC(O)C4CC(O)CC[C@]4(C)[C@@]3(O)CC[C@]12C. The number of rotatable bonds is 5. The van der Waals surface area contributed by atoms with Crippen LogP contribution in [0.15, 0.2) is 11.6 Å². The maximum Gasteiger partial charge on any atom is 0.0917 e. The van der Waals surface area contributed by atoms with E-state index in [1.165, 1.54) is 25.7 Å². The quantitative estimate of drug-likeness (QED) is 0.519. The maximum atomic E-state index is 12.2. The monoisotopic (exact) mass is 418 g/mol. The molecule has 0 spiro atoms. The third-order valence-electron chi connectivity index (χ3n) is 10.5. The molecule has 0 aliphatic heterocycles. The van der Waals surface area contributed by atoms with Crippen molar-refractivity contribution < 1.29 is 15.3 Å². The van der Waals surface area contributed by atoms with Crippen LogP contribution in [-0.4, -0.2) is 33.1 Å². The molecule has 3 N–H and O–H groups in total. The molecular formula is C27H46O3. The second kappa shape index (κ2) is 7.89. The third-order valence-corrected chi connectivity index (χ3v) is 10.5. The van der Waals surface area contributed by atoms with E-state index in [1.54, 1.807) is 0 Å². The number of hydrogen-bond acceptors (Lipinski definition) is 3. The van der Waals surface area contributed by atoms with Gasteiger partial charge in [0.2, 0.25) is 0 Å². The summed E-state index contributed by atoms with van der Waals surface area (Å²) in [5, 5.41) is 33.5. The van der Waals surface area contributed by atoms with Crippen LogP contribution in [0.3, 0.4) is 0 Å². The zero-order chi connectivity index (χ0) is 21.9. The summed E-state index contributed by atoms with van der Waals surface area (Å²) in [6.45, 7) is 11.8. The average Bonchev–Trinajstić information content (AvgIpc) is 3.02. The molecule has 3 saturated carbocycles. The third kappa shape index (κ3) is 3.33. The zero-order valence-electron chi connectivity index (χ0n) is 20.0. The predicted molar refractivity (Wildman–Crippen MR) is 122 cm³/mol. The molecule has 0 aromatic rings. The predicted octanol–water partition coefficient (Wildman–Crippen LogP) is 5.47. The van der Waals surface area contributed by atoms with Gasteiger partial charge in [-0.25, -0.2) is 0 Å². The summed E-state index contributed by atoms with van der Waals surface area (Å²) in [5.41, 5.74) is 0.275. The summed E-state index contributed by atoms with van der Waals surface area (Å²) in [4.78, 5) is 0. The summed E-state index contributed by atoms with van der Waals surface area (Å²) < 4.78 is 0. The van der Waals surface area contributed by atoms with E-state index in [0.29, 0.717) is 12.3 Å². The van der Waals surface area contributed by atoms with Gasteiger partial charge in [-0.15, -0.1) is 0 Å². The molecule has 0 aromatic carbocycles. The fourth-order valence-electron chi connectivity index (χ4n) is 8.52. The van der Waals surface area contributed by atoms with E-state index in [2.05, 4.69) is 34.6 Å². The normalized spacial score (nSPS) is 49.2. The highest BCUT2D eigenvalue weighted by Gasteiger charge is 2.65. The van der Waals surface area contributed by atoms with Crippen LogP contribution in [0.4, 0.5) is 0 Å². The number of aliphatic hydroxyl groups is 3. The molecule has 4 aliphatic carbocycles. The molecule has 3 fully saturated rings. The Morgan fingerprint density at radius 3 is 2.43 bits per heavy atom. The fourth-order valence-corrected chi connectivity index (χ4v) is 8.52. The molecule has 3 unspecified atom stereocenters. The van der Waals surface area contributed by atoms with E-state index in [0.717, 1.165) is 55.4 Å². The molecule has 0 amide bonds. The van der Waals surface area contributed by atoms with Gasteiger partial charge in [-0.1, -0.05) is 60.0 Å². The van der Waals surface area contributed by atoms with Crippen LogP contribution in [0.1, 0.15) is 98.8 Å². The first-order valence-corrected chi connectivity index (χ1v) is 12.8. The van der Waals surface area contributed by atoms with Crippen LogP contribution in [0.25, 0.3) is 0 Å². The Bertz CT molecular complexity index is 671. The van der Waals surface area contributed by atoms with Crippen LogP contribution < -0.4 is 0 Å². The van der Waals surface area contributed by atoms with Crippen molar-refractivity contribution in [3.63, 3.8) is 0 Å². The molecular weight excluding hydrogens is 372 g/mol. The molecule has 4 rings (SSSR count). The topological polar surface area (TPSA) is 60.7 Å². The van der Waals surface area contributed by atoms with Crippen molar-refractivity contribution in [2.24, 2.45) is 40.4 Å². The Hall–Kier alpha value is -0.380. The van der Waals surface area contributed by atoms with E-state index in [1.807, 2.05) is 6.08 Å². The smallest absolute Gasteiger partial charge is 0.0917 e. The molecule has 3 nitrogen and oxygen atoms in total. The lowest BCUT2D eigenvalue weighted by Gasteiger charge is -2.63. The van der Waals surface area contributed by atoms with Crippen molar-refractivity contribution >= 4 is 0 Å². The molecule has 0 aromatic heterocycles. The minimum absolute atomic E-state index is 0.0356. The summed E-state index contributed by atoms with van der Waals surface area (Å²) in [6, 6.07) is 0. The molecule has 0 radical (unpaired) electrons. The lowest BCUT2D eigenvalue weighted by molar-refractivity contribution is -0.175. The number of aliphatic hydroxyl groups excluding tert-OH is 2. The Morgan fingerprint density at radius 1 is 1.00 bits per heavy atom. The highest BCUT2D eigenvalue weighted by molar-refractivity contribution is 5.36. The van der Waals surface area contributed by atoms with E-state index >= 15 is 0 Å². The Labute approximate surface area is 184 Å². The molecule has 30 heavy (non-hydrogen) atoms. The van der Waals surface area contributed by atoms with Gasteiger partial charge >= 0.3 is 0 Å². The van der Waals surface area contributed by atoms with Crippen molar-refractivity contribution in [3.05, 3.63) is 11.6 Å². The minimum Gasteiger partial charge on any atom is -0.393 e. The lowest BCUT2D eigenvalue weighted by Crippen LogP contribution is -2.64. The van der Waals surface area contributed by atoms with E-state index in [-0.39, 0.29) is 22.9 Å². The van der Waals surface area contributed by atoms with Crippen molar-refractivity contribution in [2.75, 3.05) is 0 Å². The number of fused-ring (bicyclic) bond motifs is 5. The first-order chi connectivity index (χ1) is 14.0. The summed E-state index contributed by atoms with van der Waals surface area (Å²) in [7, 11) is 0. The van der Waals surface area contributed by atoms with E-state index < -0.39 is 11.7 Å². The van der Waals surface area contributed by atoms with E-state index in [4.69, 9.17) is 0 Å². The largest absolute Gasteiger partial charge is 0.393 e. The molecule has 0 heterocycles. The van der Waals surface area contributed by atoms with Crippen LogP contribution in [-0.2, 0) is 0 Å². The second-order valence-corrected chi connectivity index (χ2v) is 12.5. The molecule has 0 bridgehead atoms. The highest BCUT2D eigenvalue weighted by atomic mass is 16.3. The standard InChI is InChI=1S/C27H46O3/c1-17(2)7-6-8-18(3)20-9-10-21-22-16-24(29)23-15-19(28)11-12-26(23,5)27(22,30)14-13-25(20,21)4/h16-21,23-24,28-30H,6-15H2,1-5H3/t18-,19?,20-,21+,23?,24?,25-,26+,27-/m1/s1. The van der Waals surface area contributed by atoms with Gasteiger partial charge in [-0.3, -0.25) is 0 Å². The summed E-state index contributed by atoms with van der Waals surface area (Å²) >= 11 is 0. The van der Waals surface area contributed by atoms with Gasteiger partial charge in [0.1, 0.15) is 0 Å². The van der Waals surface area contributed by atoms with E-state index in [9.17, 15) is 15.3 Å². The Balaban J connectivity index is 1.59. The van der Waals surface area contributed by atoms with Crippen LogP contribution in [0.2, 0.25) is 0 Å². The van der Waals surface area contributed by atoms with Crippen molar-refractivity contribution in [3.8, 4) is 0 Å². The molecule has 3 heteroatoms. The Kier molecular flexibility index (Phi) is 5.99. The van der Waals surface area contributed by atoms with Gasteiger partial charge in [0.05, 0.1) is 17.8 Å². The number of hydrogen-bond donors (Lipinski definition) is 3. The molecule has 0 saturated heterocycles. The van der Waals surface area contributed by atoms with Crippen molar-refractivity contribution in [1.29, 1.82) is 0 Å². The minimum atomic E-state index is -0.809. The fraction of sp³-hybridized carbons (Fsp3) is 0.926. The summed E-state index contributed by atoms with van der Waals surface area (Å²) in [5.74, 6) is 2.59. The lowest BCUT2D eigenvalue weighted by atomic mass is 9.45. The van der Waals surface area contributed by atoms with Crippen LogP contribution in [0, 0.1) is 40.4 Å². The van der Waals surface area contributed by atoms with Crippen molar-refractivity contribution in [1.82, 2.24) is 0 Å². The molecule has 9 atom stereocenters. The van der Waals surface area contributed by atoms with Gasteiger partial charge < -0.3 is 15.3 Å². The first kappa shape index (κ1) is 22.8. The Morgan fingerprint density at radius 2 is 1.73 bits per heavy atom. The molecule has 172 valence electrons.